The van der Waals surface area contributed by atoms with Gasteiger partial charge >= 0.3 is 0 Å². The van der Waals surface area contributed by atoms with Crippen molar-refractivity contribution in [1.82, 2.24) is 20.0 Å². The fraction of sp³-hybridized carbons (Fsp3) is 0.462. The van der Waals surface area contributed by atoms with Crippen LogP contribution in [-0.4, -0.2) is 33.1 Å². The summed E-state index contributed by atoms with van der Waals surface area (Å²) in [5.41, 5.74) is 1.64. The largest absolute Gasteiger partial charge is 0.369 e. The molecule has 0 amide bonds. The van der Waals surface area contributed by atoms with E-state index >= 15 is 0 Å². The van der Waals surface area contributed by atoms with Crippen LogP contribution >= 0.6 is 11.6 Å². The molecule has 0 spiro atoms. The summed E-state index contributed by atoms with van der Waals surface area (Å²) in [5.74, 6) is 0.551. The minimum absolute atomic E-state index is 0.224. The minimum atomic E-state index is -0.333. The van der Waals surface area contributed by atoms with Gasteiger partial charge in [0.25, 0.3) is 5.56 Å². The molecule has 1 aliphatic heterocycles. The van der Waals surface area contributed by atoms with Crippen molar-refractivity contribution in [3.05, 3.63) is 39.5 Å². The fourth-order valence-electron chi connectivity index (χ4n) is 2.72. The highest BCUT2D eigenvalue weighted by molar-refractivity contribution is 6.33. The van der Waals surface area contributed by atoms with E-state index in [0.717, 1.165) is 31.6 Å². The first kappa shape index (κ1) is 13.2. The highest BCUT2D eigenvalue weighted by Gasteiger charge is 2.25. The van der Waals surface area contributed by atoms with E-state index in [0.29, 0.717) is 5.92 Å². The average Bonchev–Trinajstić information content (AvgIpc) is 3.03. The molecular formula is C13H16ClN5O. The number of anilines is 1. The maximum atomic E-state index is 11.5. The van der Waals surface area contributed by atoms with Gasteiger partial charge in [0.1, 0.15) is 5.02 Å². The summed E-state index contributed by atoms with van der Waals surface area (Å²) in [6.45, 7) is 1.79. The lowest BCUT2D eigenvalue weighted by Crippen LogP contribution is -2.23. The first-order chi connectivity index (χ1) is 9.63. The van der Waals surface area contributed by atoms with Gasteiger partial charge in [-0.15, -0.1) is 0 Å². The maximum Gasteiger partial charge on any atom is 0.285 e. The van der Waals surface area contributed by atoms with Crippen molar-refractivity contribution >= 4 is 17.3 Å². The predicted octanol–water partition coefficient (Wildman–Crippen LogP) is 1.23. The Hall–Kier alpha value is -1.82. The maximum absolute atomic E-state index is 11.5. The van der Waals surface area contributed by atoms with Gasteiger partial charge in [-0.25, -0.2) is 5.10 Å². The zero-order valence-corrected chi connectivity index (χ0v) is 12.0. The summed E-state index contributed by atoms with van der Waals surface area (Å²) >= 11 is 6.05. The second kappa shape index (κ2) is 5.28. The summed E-state index contributed by atoms with van der Waals surface area (Å²) in [6.07, 6.45) is 7.65. The Labute approximate surface area is 121 Å². The van der Waals surface area contributed by atoms with Crippen LogP contribution in [0.15, 0.2) is 23.4 Å². The predicted molar refractivity (Wildman–Crippen MR) is 77.1 cm³/mol. The standard InChI is InChI=1S/C13H16ClN5O/c1-18-7-10(5-16-18)4-9-2-3-19(8-9)11-6-15-17-13(20)12(11)14/h5-7,9H,2-4,8H2,1H3,(H,17,20). The van der Waals surface area contributed by atoms with Crippen molar-refractivity contribution in [3.63, 3.8) is 0 Å². The van der Waals surface area contributed by atoms with E-state index in [2.05, 4.69) is 20.2 Å². The number of aromatic amines is 1. The third-order valence-corrected chi connectivity index (χ3v) is 4.05. The molecule has 3 rings (SSSR count). The van der Waals surface area contributed by atoms with Gasteiger partial charge in [-0.3, -0.25) is 9.48 Å². The number of nitrogens with zero attached hydrogens (tertiary/aromatic N) is 4. The van der Waals surface area contributed by atoms with Gasteiger partial charge in [-0.05, 0) is 24.3 Å². The zero-order chi connectivity index (χ0) is 14.1. The molecule has 2 aromatic rings. The molecule has 1 fully saturated rings. The van der Waals surface area contributed by atoms with Gasteiger partial charge in [-0.1, -0.05) is 11.6 Å². The smallest absolute Gasteiger partial charge is 0.285 e. The fourth-order valence-corrected chi connectivity index (χ4v) is 2.93. The topological polar surface area (TPSA) is 66.8 Å². The lowest BCUT2D eigenvalue weighted by atomic mass is 10.0. The molecule has 0 aliphatic carbocycles. The molecule has 0 bridgehead atoms. The molecular weight excluding hydrogens is 278 g/mol. The first-order valence-electron chi connectivity index (χ1n) is 6.59. The quantitative estimate of drug-likeness (QED) is 0.924. The molecule has 0 radical (unpaired) electrons. The number of nitrogens with one attached hydrogen (secondary N) is 1. The van der Waals surface area contributed by atoms with E-state index in [-0.39, 0.29) is 10.6 Å². The van der Waals surface area contributed by atoms with Gasteiger partial charge in [0, 0.05) is 26.3 Å². The monoisotopic (exact) mass is 293 g/mol. The van der Waals surface area contributed by atoms with Gasteiger partial charge in [-0.2, -0.15) is 10.2 Å². The van der Waals surface area contributed by atoms with Crippen LogP contribution in [0, 0.1) is 5.92 Å². The van der Waals surface area contributed by atoms with E-state index in [1.165, 1.54) is 5.56 Å². The second-order valence-corrected chi connectivity index (χ2v) is 5.60. The van der Waals surface area contributed by atoms with Crippen LogP contribution in [0.2, 0.25) is 5.02 Å². The molecule has 1 atom stereocenters. The van der Waals surface area contributed by atoms with Gasteiger partial charge in [0.15, 0.2) is 0 Å². The van der Waals surface area contributed by atoms with Gasteiger partial charge in [0.05, 0.1) is 18.1 Å². The molecule has 6 nitrogen and oxygen atoms in total. The van der Waals surface area contributed by atoms with Crippen molar-refractivity contribution in [3.8, 4) is 0 Å². The lowest BCUT2D eigenvalue weighted by molar-refractivity contribution is 0.586. The number of rotatable bonds is 3. The first-order valence-corrected chi connectivity index (χ1v) is 6.97. The molecule has 1 aliphatic rings. The molecule has 106 valence electrons. The van der Waals surface area contributed by atoms with Gasteiger partial charge < -0.3 is 4.90 Å². The Morgan fingerprint density at radius 2 is 2.35 bits per heavy atom. The van der Waals surface area contributed by atoms with Crippen LogP contribution in [0.4, 0.5) is 5.69 Å². The van der Waals surface area contributed by atoms with Crippen LogP contribution < -0.4 is 10.5 Å². The van der Waals surface area contributed by atoms with Crippen LogP contribution in [0.5, 0.6) is 0 Å². The zero-order valence-electron chi connectivity index (χ0n) is 11.2. The van der Waals surface area contributed by atoms with E-state index in [4.69, 9.17) is 11.6 Å². The summed E-state index contributed by atoms with van der Waals surface area (Å²) in [6, 6.07) is 0. The van der Waals surface area contributed by atoms with Crippen molar-refractivity contribution in [1.29, 1.82) is 0 Å². The van der Waals surface area contributed by atoms with Crippen LogP contribution in [0.25, 0.3) is 0 Å². The number of hydrogen-bond acceptors (Lipinski definition) is 4. The SMILES string of the molecule is Cn1cc(CC2CCN(c3cn[nH]c(=O)c3Cl)C2)cn1. The number of hydrogen-bond donors (Lipinski definition) is 1. The molecule has 20 heavy (non-hydrogen) atoms. The van der Waals surface area contributed by atoms with E-state index in [9.17, 15) is 4.79 Å². The van der Waals surface area contributed by atoms with Crippen LogP contribution in [0.3, 0.4) is 0 Å². The summed E-state index contributed by atoms with van der Waals surface area (Å²) < 4.78 is 1.82. The van der Waals surface area contributed by atoms with E-state index < -0.39 is 0 Å². The normalized spacial score (nSPS) is 18.7. The number of H-pyrrole nitrogens is 1. The molecule has 7 heteroatoms. The Morgan fingerprint density at radius 3 is 3.10 bits per heavy atom. The lowest BCUT2D eigenvalue weighted by Gasteiger charge is -2.18. The third kappa shape index (κ3) is 2.56. The van der Waals surface area contributed by atoms with Crippen molar-refractivity contribution < 1.29 is 0 Å². The number of aryl methyl sites for hydroxylation is 1. The summed E-state index contributed by atoms with van der Waals surface area (Å²) in [4.78, 5) is 13.6. The second-order valence-electron chi connectivity index (χ2n) is 5.23. The minimum Gasteiger partial charge on any atom is -0.369 e. The molecule has 1 saturated heterocycles. The summed E-state index contributed by atoms with van der Waals surface area (Å²) in [7, 11) is 1.92. The summed E-state index contributed by atoms with van der Waals surface area (Å²) in [5, 5.41) is 10.6. The van der Waals surface area contributed by atoms with Crippen molar-refractivity contribution in [2.45, 2.75) is 12.8 Å². The highest BCUT2D eigenvalue weighted by atomic mass is 35.5. The van der Waals surface area contributed by atoms with E-state index in [1.54, 1.807) is 6.20 Å². The van der Waals surface area contributed by atoms with Crippen LogP contribution in [0.1, 0.15) is 12.0 Å². The third-order valence-electron chi connectivity index (χ3n) is 3.69. The van der Waals surface area contributed by atoms with Gasteiger partial charge in [0.2, 0.25) is 0 Å². The highest BCUT2D eigenvalue weighted by Crippen LogP contribution is 2.28. The van der Waals surface area contributed by atoms with Crippen molar-refractivity contribution in [2.24, 2.45) is 13.0 Å². The average molecular weight is 294 g/mol. The molecule has 0 aromatic carbocycles. The number of halogens is 1. The Balaban J connectivity index is 1.70. The van der Waals surface area contributed by atoms with E-state index in [1.807, 2.05) is 24.1 Å². The van der Waals surface area contributed by atoms with Crippen molar-refractivity contribution in [2.75, 3.05) is 18.0 Å². The van der Waals surface area contributed by atoms with Crippen LogP contribution in [-0.2, 0) is 13.5 Å². The molecule has 2 aromatic heterocycles. The molecule has 3 heterocycles. The molecule has 1 unspecified atom stereocenters. The molecule has 1 N–H and O–H groups in total. The number of aromatic nitrogens is 4. The Morgan fingerprint density at radius 1 is 1.50 bits per heavy atom. The molecule has 0 saturated carbocycles. The Kier molecular flexibility index (Phi) is 3.48. The Bertz CT molecular complexity index is 665.